The summed E-state index contributed by atoms with van der Waals surface area (Å²) in [5, 5.41) is 0. The number of nitrogens with two attached hydrogens (primary N) is 1. The summed E-state index contributed by atoms with van der Waals surface area (Å²) in [5.41, 5.74) is 9.12. The first kappa shape index (κ1) is 23.3. The molecular weight excluding hydrogens is 454 g/mol. The molecule has 0 saturated heterocycles. The maximum atomic E-state index is 13.6. The molecule has 3 aromatic carbocycles. The van der Waals surface area contributed by atoms with Gasteiger partial charge in [-0.25, -0.2) is 8.42 Å². The smallest absolute Gasteiger partial charge is 0.255 e. The third kappa shape index (κ3) is 5.36. The van der Waals surface area contributed by atoms with Gasteiger partial charge in [-0.05, 0) is 53.8 Å². The normalized spacial score (nSPS) is 14.7. The van der Waals surface area contributed by atoms with Crippen LogP contribution in [0.4, 0.5) is 0 Å². The van der Waals surface area contributed by atoms with Crippen LogP contribution in [-0.2, 0) is 21.4 Å². The van der Waals surface area contributed by atoms with Gasteiger partial charge in [0.15, 0.2) is 0 Å². The second kappa shape index (κ2) is 9.93. The topological polar surface area (TPSA) is 92.5 Å². The molecule has 33 heavy (non-hydrogen) atoms. The van der Waals surface area contributed by atoms with Crippen LogP contribution in [0, 0.1) is 6.92 Å². The Bertz CT molecular complexity index is 1260. The zero-order chi connectivity index (χ0) is 23.4. The fraction of sp³-hybridized carbons (Fsp3) is 0.160. The highest BCUT2D eigenvalue weighted by molar-refractivity contribution is 8.06. The second-order valence-corrected chi connectivity index (χ2v) is 10.5. The van der Waals surface area contributed by atoms with Crippen molar-refractivity contribution in [1.82, 2.24) is 9.03 Å². The van der Waals surface area contributed by atoms with E-state index < -0.39 is 16.1 Å². The number of aryl methyl sites for hydroxylation is 1. The van der Waals surface area contributed by atoms with Gasteiger partial charge in [0.25, 0.3) is 5.91 Å². The van der Waals surface area contributed by atoms with E-state index in [1.807, 2.05) is 43.3 Å². The highest BCUT2D eigenvalue weighted by Crippen LogP contribution is 2.37. The summed E-state index contributed by atoms with van der Waals surface area (Å²) in [5.74, 6) is -0.335. The summed E-state index contributed by atoms with van der Waals surface area (Å²) in [7, 11) is -3.93. The summed E-state index contributed by atoms with van der Waals surface area (Å²) in [6, 6.07) is 22.4. The fourth-order valence-electron chi connectivity index (χ4n) is 3.46. The maximum absolute atomic E-state index is 13.6. The average Bonchev–Trinajstić information content (AvgIpc) is 3.34. The first-order valence-corrected chi connectivity index (χ1v) is 12.8. The molecule has 0 radical (unpaired) electrons. The number of carbonyl (C=O) groups is 1. The summed E-state index contributed by atoms with van der Waals surface area (Å²) in [6.07, 6.45) is 1.97. The standard InChI is InChI=1S/C25H25N3O3S2/c1-18-7-13-22(14-8-18)33(30,31)27-24(21-11-9-19(17-26)10-12-21)25(29)28-16-15-23(32-28)20-5-3-2-4-6-20/h2-15,24,27H,16-17,26H2,1H3. The number of rotatable bonds is 7. The average molecular weight is 480 g/mol. The van der Waals surface area contributed by atoms with Gasteiger partial charge in [-0.2, -0.15) is 4.72 Å². The molecule has 0 aliphatic carbocycles. The van der Waals surface area contributed by atoms with Crippen LogP contribution >= 0.6 is 11.9 Å². The third-order valence-corrected chi connectivity index (χ3v) is 7.94. The molecule has 3 aromatic rings. The van der Waals surface area contributed by atoms with E-state index in [1.165, 1.54) is 24.1 Å². The van der Waals surface area contributed by atoms with Gasteiger partial charge in [0.1, 0.15) is 6.04 Å². The van der Waals surface area contributed by atoms with Crippen molar-refractivity contribution in [3.8, 4) is 0 Å². The van der Waals surface area contributed by atoms with E-state index in [0.29, 0.717) is 18.7 Å². The molecule has 1 heterocycles. The molecule has 170 valence electrons. The lowest BCUT2D eigenvalue weighted by Crippen LogP contribution is -2.39. The van der Waals surface area contributed by atoms with Crippen molar-refractivity contribution >= 4 is 32.8 Å². The molecule has 0 saturated carbocycles. The van der Waals surface area contributed by atoms with Gasteiger partial charge in [-0.15, -0.1) is 0 Å². The van der Waals surface area contributed by atoms with Crippen LogP contribution in [0.25, 0.3) is 4.91 Å². The first-order valence-electron chi connectivity index (χ1n) is 10.5. The highest BCUT2D eigenvalue weighted by atomic mass is 32.2. The lowest BCUT2D eigenvalue weighted by molar-refractivity contribution is -0.127. The molecule has 0 bridgehead atoms. The van der Waals surface area contributed by atoms with Crippen LogP contribution in [0.3, 0.4) is 0 Å². The molecule has 0 aromatic heterocycles. The number of nitrogens with one attached hydrogen (secondary N) is 1. The molecule has 3 N–H and O–H groups in total. The Morgan fingerprint density at radius 2 is 1.70 bits per heavy atom. The van der Waals surface area contributed by atoms with E-state index in [1.54, 1.807) is 40.7 Å². The zero-order valence-corrected chi connectivity index (χ0v) is 19.8. The largest absolute Gasteiger partial charge is 0.326 e. The molecular formula is C25H25N3O3S2. The summed E-state index contributed by atoms with van der Waals surface area (Å²) >= 11 is 1.32. The van der Waals surface area contributed by atoms with Crippen molar-refractivity contribution in [3.05, 3.63) is 107 Å². The summed E-state index contributed by atoms with van der Waals surface area (Å²) < 4.78 is 30.5. The Balaban J connectivity index is 1.61. The predicted octanol–water partition coefficient (Wildman–Crippen LogP) is 4.00. The molecule has 4 rings (SSSR count). The monoisotopic (exact) mass is 479 g/mol. The Labute approximate surface area is 198 Å². The first-order chi connectivity index (χ1) is 15.9. The lowest BCUT2D eigenvalue weighted by atomic mass is 10.0. The van der Waals surface area contributed by atoms with Crippen molar-refractivity contribution in [1.29, 1.82) is 0 Å². The van der Waals surface area contributed by atoms with Gasteiger partial charge in [-0.3, -0.25) is 9.10 Å². The van der Waals surface area contributed by atoms with E-state index in [0.717, 1.165) is 21.6 Å². The number of hydrogen-bond donors (Lipinski definition) is 2. The Morgan fingerprint density at radius 1 is 1.03 bits per heavy atom. The van der Waals surface area contributed by atoms with Crippen LogP contribution in [0.2, 0.25) is 0 Å². The lowest BCUT2D eigenvalue weighted by Gasteiger charge is -2.24. The van der Waals surface area contributed by atoms with Crippen molar-refractivity contribution < 1.29 is 13.2 Å². The van der Waals surface area contributed by atoms with Crippen LogP contribution in [0.15, 0.2) is 89.8 Å². The van der Waals surface area contributed by atoms with E-state index >= 15 is 0 Å². The van der Waals surface area contributed by atoms with Crippen LogP contribution in [0.5, 0.6) is 0 Å². The van der Waals surface area contributed by atoms with Gasteiger partial charge in [0.2, 0.25) is 10.0 Å². The minimum absolute atomic E-state index is 0.113. The Hall–Kier alpha value is -2.91. The molecule has 8 heteroatoms. The SMILES string of the molecule is Cc1ccc(S(=O)(=O)NC(C(=O)N2CC=C(c3ccccc3)S2)c2ccc(CN)cc2)cc1. The van der Waals surface area contributed by atoms with Crippen molar-refractivity contribution in [2.45, 2.75) is 24.4 Å². The van der Waals surface area contributed by atoms with Gasteiger partial charge in [-0.1, -0.05) is 72.3 Å². The summed E-state index contributed by atoms with van der Waals surface area (Å²) in [6.45, 7) is 2.63. The predicted molar refractivity (Wildman–Crippen MR) is 132 cm³/mol. The number of sulfonamides is 1. The molecule has 1 aliphatic heterocycles. The minimum atomic E-state index is -3.93. The highest BCUT2D eigenvalue weighted by Gasteiger charge is 2.33. The van der Waals surface area contributed by atoms with Crippen LogP contribution in [0.1, 0.15) is 28.3 Å². The van der Waals surface area contributed by atoms with E-state index in [4.69, 9.17) is 5.73 Å². The van der Waals surface area contributed by atoms with Gasteiger partial charge in [0, 0.05) is 11.4 Å². The van der Waals surface area contributed by atoms with Crippen LogP contribution < -0.4 is 10.5 Å². The molecule has 0 spiro atoms. The quantitative estimate of drug-likeness (QED) is 0.500. The van der Waals surface area contributed by atoms with Crippen LogP contribution in [-0.4, -0.2) is 25.2 Å². The van der Waals surface area contributed by atoms with Crippen molar-refractivity contribution in [2.75, 3.05) is 6.54 Å². The number of nitrogens with zero attached hydrogens (tertiary/aromatic N) is 1. The zero-order valence-electron chi connectivity index (χ0n) is 18.1. The number of carbonyl (C=O) groups excluding carboxylic acids is 1. The number of benzene rings is 3. The molecule has 6 nitrogen and oxygen atoms in total. The minimum Gasteiger partial charge on any atom is -0.326 e. The number of amides is 1. The molecule has 1 unspecified atom stereocenters. The van der Waals surface area contributed by atoms with Gasteiger partial charge in [0.05, 0.1) is 11.4 Å². The summed E-state index contributed by atoms with van der Waals surface area (Å²) in [4.78, 5) is 14.6. The number of hydrogen-bond acceptors (Lipinski definition) is 5. The third-order valence-electron chi connectivity index (χ3n) is 5.36. The van der Waals surface area contributed by atoms with Gasteiger partial charge < -0.3 is 5.73 Å². The second-order valence-electron chi connectivity index (χ2n) is 7.74. The fourth-order valence-corrected chi connectivity index (χ4v) is 5.61. The van der Waals surface area contributed by atoms with E-state index in [2.05, 4.69) is 4.72 Å². The van der Waals surface area contributed by atoms with E-state index in [9.17, 15) is 13.2 Å². The molecule has 1 amide bonds. The van der Waals surface area contributed by atoms with Crippen molar-refractivity contribution in [2.24, 2.45) is 5.73 Å². The molecule has 0 fully saturated rings. The maximum Gasteiger partial charge on any atom is 0.255 e. The molecule has 1 aliphatic rings. The molecule has 1 atom stereocenters. The van der Waals surface area contributed by atoms with Crippen molar-refractivity contribution in [3.63, 3.8) is 0 Å². The van der Waals surface area contributed by atoms with Gasteiger partial charge >= 0.3 is 0 Å². The Morgan fingerprint density at radius 3 is 2.33 bits per heavy atom. The Kier molecular flexibility index (Phi) is 6.99. The van der Waals surface area contributed by atoms with E-state index in [-0.39, 0.29) is 10.8 Å².